The fourth-order valence-corrected chi connectivity index (χ4v) is 2.86. The molecule has 0 bridgehead atoms. The van der Waals surface area contributed by atoms with Gasteiger partial charge in [0.25, 0.3) is 11.2 Å². The van der Waals surface area contributed by atoms with E-state index in [1.807, 2.05) is 72.4 Å². The van der Waals surface area contributed by atoms with Gasteiger partial charge in [-0.1, -0.05) is 29.0 Å². The average Bonchev–Trinajstić information content (AvgIpc) is 2.63. The lowest BCUT2D eigenvalue weighted by atomic mass is 10.1. The number of anilines is 2. The Hall–Kier alpha value is -2.92. The van der Waals surface area contributed by atoms with Crippen LogP contribution in [0.1, 0.15) is 22.6 Å². The van der Waals surface area contributed by atoms with Crippen molar-refractivity contribution in [1.82, 2.24) is 4.98 Å². The van der Waals surface area contributed by atoms with Crippen LogP contribution in [0.2, 0.25) is 0 Å². The number of para-hydroxylation sites is 1. The van der Waals surface area contributed by atoms with Gasteiger partial charge in [-0.3, -0.25) is 4.79 Å². The van der Waals surface area contributed by atoms with Gasteiger partial charge in [-0.2, -0.15) is 5.43 Å². The number of carbonyl (C=O) groups is 1. The van der Waals surface area contributed by atoms with Crippen molar-refractivity contribution in [2.75, 3.05) is 17.8 Å². The molecule has 0 unspecified atom stereocenters. The van der Waals surface area contributed by atoms with Crippen molar-refractivity contribution in [2.45, 2.75) is 6.42 Å². The van der Waals surface area contributed by atoms with Crippen molar-refractivity contribution in [3.63, 3.8) is 0 Å². The van der Waals surface area contributed by atoms with Gasteiger partial charge in [-0.15, -0.1) is 0 Å². The molecule has 5 nitrogen and oxygen atoms in total. The molecule has 0 saturated carbocycles. The third-order valence-corrected chi connectivity index (χ3v) is 4.08. The summed E-state index contributed by atoms with van der Waals surface area (Å²) < 4.78 is 1.93. The molecule has 1 aromatic heterocycles. The zero-order valence-corrected chi connectivity index (χ0v) is 14.4. The summed E-state index contributed by atoms with van der Waals surface area (Å²) >= 11 is 0. The number of rotatable bonds is 3. The zero-order valence-electron chi connectivity index (χ0n) is 13.7. The normalized spacial score (nSPS) is 12.4. The number of carbonyl (C=O) groups excluding carboxylic acids is 1. The first-order chi connectivity index (χ1) is 11.8. The highest BCUT2D eigenvalue weighted by Crippen LogP contribution is 2.21. The van der Waals surface area contributed by atoms with Gasteiger partial charge in [0.05, 0.1) is 5.69 Å². The Morgan fingerprint density at radius 1 is 1.08 bits per heavy atom. The van der Waals surface area contributed by atoms with Crippen LogP contribution < -0.4 is 27.8 Å². The molecule has 3 aromatic rings. The summed E-state index contributed by atoms with van der Waals surface area (Å²) in [7, 11) is 1.88. The SMILES string of the molecule is CNc1ccc2nc3c([n+](Nc4ccccc4)c2c1)C=CCC3=O.[Cl-]. The van der Waals surface area contributed by atoms with Gasteiger partial charge in [0.2, 0.25) is 0 Å². The quantitative estimate of drug-likeness (QED) is 0.654. The number of benzene rings is 2. The molecule has 1 aliphatic carbocycles. The number of nitrogens with zero attached hydrogens (tertiary/aromatic N) is 2. The lowest BCUT2D eigenvalue weighted by Crippen LogP contribution is -3.00. The summed E-state index contributed by atoms with van der Waals surface area (Å²) in [5.74, 6) is 0.0377. The number of Topliss-reactive ketones (excluding diaryl/α,β-unsaturated/α-hetero) is 1. The minimum atomic E-state index is 0. The Bertz CT molecular complexity index is 970. The molecule has 2 N–H and O–H groups in total. The molecule has 2 aromatic carbocycles. The maximum Gasteiger partial charge on any atom is 0.265 e. The molecule has 0 atom stereocenters. The first kappa shape index (κ1) is 16.9. The summed E-state index contributed by atoms with van der Waals surface area (Å²) in [5, 5.41) is 3.15. The number of hydrogen-bond acceptors (Lipinski definition) is 4. The number of hydrogen-bond donors (Lipinski definition) is 2. The molecule has 6 heteroatoms. The minimum absolute atomic E-state index is 0. The first-order valence-corrected chi connectivity index (χ1v) is 7.85. The van der Waals surface area contributed by atoms with Crippen molar-refractivity contribution in [2.24, 2.45) is 0 Å². The largest absolute Gasteiger partial charge is 1.00 e. The lowest BCUT2D eigenvalue weighted by Gasteiger charge is -2.12. The highest BCUT2D eigenvalue weighted by atomic mass is 35.5. The van der Waals surface area contributed by atoms with Crippen molar-refractivity contribution < 1.29 is 21.9 Å². The van der Waals surface area contributed by atoms with Crippen LogP contribution in [0.15, 0.2) is 54.6 Å². The first-order valence-electron chi connectivity index (χ1n) is 7.85. The second-order valence-electron chi connectivity index (χ2n) is 5.64. The van der Waals surface area contributed by atoms with Crippen LogP contribution in [0, 0.1) is 0 Å². The van der Waals surface area contributed by atoms with E-state index in [0.717, 1.165) is 28.1 Å². The number of allylic oxidation sites excluding steroid dienone is 1. The van der Waals surface area contributed by atoms with E-state index in [2.05, 4.69) is 15.7 Å². The van der Waals surface area contributed by atoms with E-state index in [9.17, 15) is 4.79 Å². The number of ketones is 1. The summed E-state index contributed by atoms with van der Waals surface area (Å²) in [6.07, 6.45) is 4.22. The van der Waals surface area contributed by atoms with Crippen LogP contribution >= 0.6 is 0 Å². The molecule has 0 radical (unpaired) electrons. The van der Waals surface area contributed by atoms with Crippen LogP contribution in [0.3, 0.4) is 0 Å². The van der Waals surface area contributed by atoms with Crippen LogP contribution in [-0.4, -0.2) is 17.8 Å². The van der Waals surface area contributed by atoms with Gasteiger partial charge in [0.1, 0.15) is 5.52 Å². The summed E-state index contributed by atoms with van der Waals surface area (Å²) in [6, 6.07) is 15.8. The van der Waals surface area contributed by atoms with Gasteiger partial charge in [0, 0.05) is 31.3 Å². The van der Waals surface area contributed by atoms with E-state index in [0.29, 0.717) is 12.1 Å². The molecule has 1 aliphatic rings. The Morgan fingerprint density at radius 2 is 1.88 bits per heavy atom. The predicted molar refractivity (Wildman–Crippen MR) is 94.9 cm³/mol. The highest BCUT2D eigenvalue weighted by Gasteiger charge is 2.28. The van der Waals surface area contributed by atoms with E-state index in [1.165, 1.54) is 0 Å². The monoisotopic (exact) mass is 352 g/mol. The van der Waals surface area contributed by atoms with E-state index in [4.69, 9.17) is 0 Å². The third-order valence-electron chi connectivity index (χ3n) is 4.08. The number of nitrogens with one attached hydrogen (secondary N) is 2. The minimum Gasteiger partial charge on any atom is -1.00 e. The standard InChI is InChI=1S/C19H16N4O.ClH/c1-20-14-10-11-15-17(12-14)23(22-13-6-3-2-4-7-13)16-8-5-9-18(24)19(16)21-15;/h2-8,10-12,22H,9H2,1H3;1H. The third kappa shape index (κ3) is 3.06. The fraction of sp³-hybridized carbons (Fsp3) is 0.105. The van der Waals surface area contributed by atoms with E-state index in [-0.39, 0.29) is 18.2 Å². The average molecular weight is 353 g/mol. The molecule has 126 valence electrons. The van der Waals surface area contributed by atoms with Crippen LogP contribution in [0.5, 0.6) is 0 Å². The van der Waals surface area contributed by atoms with Crippen molar-refractivity contribution in [3.05, 3.63) is 66.0 Å². The van der Waals surface area contributed by atoms with Crippen LogP contribution in [0.25, 0.3) is 17.1 Å². The topological polar surface area (TPSA) is 57.9 Å². The maximum absolute atomic E-state index is 12.3. The highest BCUT2D eigenvalue weighted by molar-refractivity contribution is 6.01. The second-order valence-corrected chi connectivity index (χ2v) is 5.64. The molecule has 0 spiro atoms. The number of aromatic nitrogens is 2. The molecule has 4 rings (SSSR count). The Morgan fingerprint density at radius 3 is 2.64 bits per heavy atom. The predicted octanol–water partition coefficient (Wildman–Crippen LogP) is 0.0428. The van der Waals surface area contributed by atoms with Gasteiger partial charge >= 0.3 is 0 Å². The Kier molecular flexibility index (Phi) is 4.67. The number of halogens is 1. The smallest absolute Gasteiger partial charge is 0.265 e. The van der Waals surface area contributed by atoms with E-state index >= 15 is 0 Å². The Balaban J connectivity index is 0.00000182. The van der Waals surface area contributed by atoms with Crippen LogP contribution in [0.4, 0.5) is 11.4 Å². The molecule has 1 heterocycles. The van der Waals surface area contributed by atoms with Crippen molar-refractivity contribution >= 4 is 34.3 Å². The zero-order chi connectivity index (χ0) is 16.5. The van der Waals surface area contributed by atoms with Crippen LogP contribution in [-0.2, 0) is 0 Å². The summed E-state index contributed by atoms with van der Waals surface area (Å²) in [6.45, 7) is 0. The number of fused-ring (bicyclic) bond motifs is 2. The molecule has 0 fully saturated rings. The molecular weight excluding hydrogens is 336 g/mol. The molecule has 0 saturated heterocycles. The van der Waals surface area contributed by atoms with E-state index in [1.54, 1.807) is 0 Å². The summed E-state index contributed by atoms with van der Waals surface area (Å²) in [5.41, 5.74) is 8.28. The molecule has 25 heavy (non-hydrogen) atoms. The second kappa shape index (κ2) is 6.91. The van der Waals surface area contributed by atoms with E-state index < -0.39 is 0 Å². The summed E-state index contributed by atoms with van der Waals surface area (Å²) in [4.78, 5) is 16.9. The van der Waals surface area contributed by atoms with Crippen molar-refractivity contribution in [1.29, 1.82) is 0 Å². The van der Waals surface area contributed by atoms with Gasteiger partial charge in [-0.25, -0.2) is 4.98 Å². The molecular formula is C19H17ClN4O. The maximum atomic E-state index is 12.3. The lowest BCUT2D eigenvalue weighted by molar-refractivity contribution is -0.618. The van der Waals surface area contributed by atoms with Gasteiger partial charge in [-0.05, 0) is 24.3 Å². The Labute approximate surface area is 151 Å². The molecule has 0 amide bonds. The molecule has 0 aliphatic heterocycles. The van der Waals surface area contributed by atoms with Gasteiger partial charge < -0.3 is 17.7 Å². The fourth-order valence-electron chi connectivity index (χ4n) is 2.86. The van der Waals surface area contributed by atoms with Crippen molar-refractivity contribution in [3.8, 4) is 0 Å². The van der Waals surface area contributed by atoms with Gasteiger partial charge in [0.15, 0.2) is 11.5 Å².